The van der Waals surface area contributed by atoms with Gasteiger partial charge < -0.3 is 10.1 Å². The predicted octanol–water partition coefficient (Wildman–Crippen LogP) is 1.04. The number of ether oxygens (including phenoxy) is 1. The summed E-state index contributed by atoms with van der Waals surface area (Å²) in [5.74, 6) is 0.598. The zero-order valence-electron chi connectivity index (χ0n) is 7.32. The van der Waals surface area contributed by atoms with Gasteiger partial charge in [-0.15, -0.1) is 0 Å². The van der Waals surface area contributed by atoms with Crippen LogP contribution in [0, 0.1) is 0 Å². The minimum atomic E-state index is -2.07. The van der Waals surface area contributed by atoms with Crippen molar-refractivity contribution in [2.24, 2.45) is 0 Å². The van der Waals surface area contributed by atoms with Crippen LogP contribution in [0.4, 0.5) is 11.4 Å². The number of benzene rings is 1. The molecule has 0 radical (unpaired) electrons. The Hall–Kier alpha value is -1.27. The maximum absolute atomic E-state index is 10.6. The molecule has 0 saturated heterocycles. The molecule has 1 unspecified atom stereocenters. The Morgan fingerprint density at radius 2 is 2.43 bits per heavy atom. The first-order valence-electron chi connectivity index (χ1n) is 4.14. The van der Waals surface area contributed by atoms with Crippen molar-refractivity contribution in [3.8, 4) is 5.75 Å². The molecule has 1 atom stereocenters. The van der Waals surface area contributed by atoms with Crippen LogP contribution in [0.1, 0.15) is 0 Å². The summed E-state index contributed by atoms with van der Waals surface area (Å²) in [7, 11) is 0. The van der Waals surface area contributed by atoms with E-state index >= 15 is 0 Å². The summed E-state index contributed by atoms with van der Waals surface area (Å²) in [4.78, 5) is 0. The van der Waals surface area contributed by atoms with Gasteiger partial charge >= 0.3 is 0 Å². The summed E-state index contributed by atoms with van der Waals surface area (Å²) in [5, 5.41) is 3.13. The van der Waals surface area contributed by atoms with Crippen molar-refractivity contribution in [1.82, 2.24) is 0 Å². The molecule has 76 valence electrons. The first-order chi connectivity index (χ1) is 6.77. The Morgan fingerprint density at radius 3 is 3.21 bits per heavy atom. The maximum atomic E-state index is 10.6. The third-order valence-electron chi connectivity index (χ3n) is 1.88. The fourth-order valence-corrected chi connectivity index (χ4v) is 1.69. The van der Waals surface area contributed by atoms with Gasteiger partial charge in [-0.1, -0.05) is 6.07 Å². The first-order valence-corrected chi connectivity index (χ1v) is 5.25. The van der Waals surface area contributed by atoms with E-state index in [1.165, 1.54) is 0 Å². The molecule has 1 aromatic carbocycles. The number of rotatable bonds is 2. The predicted molar refractivity (Wildman–Crippen MR) is 54.8 cm³/mol. The molecule has 0 amide bonds. The van der Waals surface area contributed by atoms with Gasteiger partial charge in [0, 0.05) is 6.54 Å². The second kappa shape index (κ2) is 3.85. The highest BCUT2D eigenvalue weighted by Gasteiger charge is 2.14. The van der Waals surface area contributed by atoms with Crippen LogP contribution in [-0.2, 0) is 11.3 Å². The van der Waals surface area contributed by atoms with Gasteiger partial charge in [0.25, 0.3) is 11.3 Å². The number of fused-ring (bicyclic) bond motifs is 1. The maximum Gasteiger partial charge on any atom is 0.259 e. The van der Waals surface area contributed by atoms with Crippen molar-refractivity contribution in [2.45, 2.75) is 0 Å². The fourth-order valence-electron chi connectivity index (χ4n) is 1.34. The summed E-state index contributed by atoms with van der Waals surface area (Å²) >= 11 is -2.07. The Labute approximate surface area is 83.9 Å². The Kier molecular flexibility index (Phi) is 2.55. The molecule has 14 heavy (non-hydrogen) atoms. The van der Waals surface area contributed by atoms with E-state index in [9.17, 15) is 4.21 Å². The van der Waals surface area contributed by atoms with Crippen molar-refractivity contribution in [2.75, 3.05) is 23.2 Å². The largest absolute Gasteiger partial charge is 0.487 e. The molecule has 1 aliphatic rings. The van der Waals surface area contributed by atoms with Gasteiger partial charge in [0.15, 0.2) is 5.75 Å². The number of hydrogen-bond donors (Lipinski definition) is 3. The molecule has 1 aromatic rings. The molecule has 2 rings (SSSR count). The Morgan fingerprint density at radius 1 is 1.57 bits per heavy atom. The topological polar surface area (TPSA) is 70.6 Å². The highest BCUT2D eigenvalue weighted by molar-refractivity contribution is 7.80. The minimum absolute atomic E-state index is 0.524. The zero-order chi connectivity index (χ0) is 9.97. The van der Waals surface area contributed by atoms with Crippen LogP contribution in [0.5, 0.6) is 5.75 Å². The zero-order valence-corrected chi connectivity index (χ0v) is 8.13. The smallest absolute Gasteiger partial charge is 0.259 e. The summed E-state index contributed by atoms with van der Waals surface area (Å²) in [6, 6.07) is 5.34. The monoisotopic (exact) mass is 214 g/mol. The van der Waals surface area contributed by atoms with Crippen LogP contribution in [0.3, 0.4) is 0 Å². The van der Waals surface area contributed by atoms with E-state index in [0.717, 1.165) is 12.2 Å². The lowest BCUT2D eigenvalue weighted by atomic mass is 10.2. The Balaban J connectivity index is 2.35. The van der Waals surface area contributed by atoms with E-state index in [-0.39, 0.29) is 0 Å². The molecule has 0 spiro atoms. The minimum Gasteiger partial charge on any atom is -0.487 e. The SMILES string of the molecule is O=S(O)Nc1cccc2c1OCCN2. The van der Waals surface area contributed by atoms with E-state index in [2.05, 4.69) is 10.0 Å². The summed E-state index contributed by atoms with van der Waals surface area (Å²) in [5.41, 5.74) is 1.36. The third kappa shape index (κ3) is 1.80. The summed E-state index contributed by atoms with van der Waals surface area (Å²) < 4.78 is 27.1. The van der Waals surface area contributed by atoms with Crippen molar-refractivity contribution < 1.29 is 13.5 Å². The number of nitrogens with one attached hydrogen (secondary N) is 2. The van der Waals surface area contributed by atoms with E-state index < -0.39 is 11.3 Å². The van der Waals surface area contributed by atoms with Crippen LogP contribution in [0.2, 0.25) is 0 Å². The van der Waals surface area contributed by atoms with Gasteiger partial charge in [-0.3, -0.25) is 9.27 Å². The molecule has 0 fully saturated rings. The van der Waals surface area contributed by atoms with Gasteiger partial charge in [0.2, 0.25) is 0 Å². The molecule has 1 heterocycles. The average molecular weight is 214 g/mol. The standard InChI is InChI=1S/C8H10N2O3S/c11-14(12)10-7-3-1-2-6-8(7)13-5-4-9-6/h1-3,9-10H,4-5H2,(H,11,12). The normalized spacial score (nSPS) is 16.1. The van der Waals surface area contributed by atoms with Gasteiger partial charge in [-0.2, -0.15) is 0 Å². The van der Waals surface area contributed by atoms with Gasteiger partial charge in [0.1, 0.15) is 6.61 Å². The summed E-state index contributed by atoms with van der Waals surface area (Å²) in [6.07, 6.45) is 0. The molecule has 1 aliphatic heterocycles. The van der Waals surface area contributed by atoms with E-state index in [4.69, 9.17) is 9.29 Å². The van der Waals surface area contributed by atoms with Gasteiger partial charge in [0.05, 0.1) is 11.4 Å². The molecular weight excluding hydrogens is 204 g/mol. The molecule has 3 N–H and O–H groups in total. The summed E-state index contributed by atoms with van der Waals surface area (Å²) in [6.45, 7) is 1.31. The van der Waals surface area contributed by atoms with Crippen LogP contribution in [0.25, 0.3) is 0 Å². The van der Waals surface area contributed by atoms with Crippen LogP contribution >= 0.6 is 0 Å². The van der Waals surface area contributed by atoms with Crippen molar-refractivity contribution in [3.63, 3.8) is 0 Å². The highest BCUT2D eigenvalue weighted by atomic mass is 32.2. The molecule has 0 aromatic heterocycles. The lowest BCUT2D eigenvalue weighted by molar-refractivity contribution is 0.325. The van der Waals surface area contributed by atoms with E-state index in [1.807, 2.05) is 6.07 Å². The highest BCUT2D eigenvalue weighted by Crippen LogP contribution is 2.35. The lowest BCUT2D eigenvalue weighted by Crippen LogP contribution is -2.19. The van der Waals surface area contributed by atoms with Crippen molar-refractivity contribution in [1.29, 1.82) is 0 Å². The second-order valence-electron chi connectivity index (χ2n) is 2.81. The van der Waals surface area contributed by atoms with Crippen molar-refractivity contribution >= 4 is 22.6 Å². The molecule has 5 nitrogen and oxygen atoms in total. The van der Waals surface area contributed by atoms with Crippen LogP contribution in [-0.4, -0.2) is 21.9 Å². The van der Waals surface area contributed by atoms with Gasteiger partial charge in [-0.05, 0) is 12.1 Å². The molecule has 6 heteroatoms. The number of hydrogen-bond acceptors (Lipinski definition) is 3. The third-order valence-corrected chi connectivity index (χ3v) is 2.27. The molecule has 0 aliphatic carbocycles. The van der Waals surface area contributed by atoms with Gasteiger partial charge in [-0.25, -0.2) is 4.21 Å². The number of para-hydroxylation sites is 1. The number of anilines is 2. The van der Waals surface area contributed by atoms with E-state index in [0.29, 0.717) is 18.0 Å². The molecule has 0 saturated carbocycles. The quantitative estimate of drug-likeness (QED) is 0.643. The Bertz CT molecular complexity index is 370. The van der Waals surface area contributed by atoms with Crippen molar-refractivity contribution in [3.05, 3.63) is 18.2 Å². The molecular formula is C8H10N2O3S. The van der Waals surface area contributed by atoms with Crippen LogP contribution in [0.15, 0.2) is 18.2 Å². The van der Waals surface area contributed by atoms with Crippen LogP contribution < -0.4 is 14.8 Å². The average Bonchev–Trinajstić information content (AvgIpc) is 2.18. The second-order valence-corrected chi connectivity index (χ2v) is 3.51. The fraction of sp³-hybridized carbons (Fsp3) is 0.250. The first kappa shape index (κ1) is 9.29. The molecule has 0 bridgehead atoms. The van der Waals surface area contributed by atoms with E-state index in [1.54, 1.807) is 12.1 Å². The lowest BCUT2D eigenvalue weighted by Gasteiger charge is -2.21.